The third-order valence-electron chi connectivity index (χ3n) is 3.56. The molecule has 1 N–H and O–H groups in total. The van der Waals surface area contributed by atoms with Crippen molar-refractivity contribution in [2.24, 2.45) is 17.3 Å². The minimum absolute atomic E-state index is 0.355. The lowest BCUT2D eigenvalue weighted by molar-refractivity contribution is 0.0569. The Hall–Kier alpha value is -0.0400. The molecule has 1 aliphatic rings. The second-order valence-corrected chi connectivity index (χ2v) is 5.00. The Bertz CT molecular complexity index is 140. The van der Waals surface area contributed by atoms with Crippen molar-refractivity contribution in [3.05, 3.63) is 0 Å². The Morgan fingerprint density at radius 3 is 2.58 bits per heavy atom. The first-order chi connectivity index (χ1) is 5.58. The first-order valence-corrected chi connectivity index (χ1v) is 5.19. The summed E-state index contributed by atoms with van der Waals surface area (Å²) in [7, 11) is 0. The van der Waals surface area contributed by atoms with Crippen LogP contribution in [0.3, 0.4) is 0 Å². The van der Waals surface area contributed by atoms with Gasteiger partial charge in [-0.3, -0.25) is 0 Å². The molecule has 0 saturated heterocycles. The fourth-order valence-corrected chi connectivity index (χ4v) is 2.70. The monoisotopic (exact) mass is 170 g/mol. The Labute approximate surface area is 76.2 Å². The van der Waals surface area contributed by atoms with Crippen molar-refractivity contribution in [2.45, 2.75) is 46.5 Å². The third kappa shape index (κ3) is 2.01. The summed E-state index contributed by atoms with van der Waals surface area (Å²) in [6, 6.07) is 0. The summed E-state index contributed by atoms with van der Waals surface area (Å²) in [5.41, 5.74) is 0.459. The molecule has 2 atom stereocenters. The maximum absolute atomic E-state index is 9.12. The Morgan fingerprint density at radius 2 is 2.08 bits per heavy atom. The van der Waals surface area contributed by atoms with Gasteiger partial charge in [-0.1, -0.05) is 33.6 Å². The highest BCUT2D eigenvalue weighted by Crippen LogP contribution is 2.44. The molecule has 0 aromatic heterocycles. The average molecular weight is 170 g/mol. The first kappa shape index (κ1) is 10.0. The Balaban J connectivity index is 2.59. The molecule has 1 fully saturated rings. The van der Waals surface area contributed by atoms with Gasteiger partial charge in [-0.25, -0.2) is 0 Å². The van der Waals surface area contributed by atoms with E-state index in [0.29, 0.717) is 17.9 Å². The zero-order chi connectivity index (χ0) is 9.19. The van der Waals surface area contributed by atoms with E-state index in [1.54, 1.807) is 0 Å². The quantitative estimate of drug-likeness (QED) is 0.675. The average Bonchev–Trinajstić information content (AvgIpc) is 2.02. The molecule has 1 rings (SSSR count). The zero-order valence-electron chi connectivity index (χ0n) is 8.64. The maximum atomic E-state index is 9.12. The second-order valence-electron chi connectivity index (χ2n) is 5.00. The van der Waals surface area contributed by atoms with Crippen molar-refractivity contribution in [3.63, 3.8) is 0 Å². The van der Waals surface area contributed by atoms with Crippen LogP contribution in [0.25, 0.3) is 0 Å². The van der Waals surface area contributed by atoms with E-state index in [-0.39, 0.29) is 0 Å². The molecule has 0 aromatic carbocycles. The molecular formula is C11H22O. The third-order valence-corrected chi connectivity index (χ3v) is 3.56. The van der Waals surface area contributed by atoms with Crippen molar-refractivity contribution < 1.29 is 5.11 Å². The van der Waals surface area contributed by atoms with Gasteiger partial charge in [0.1, 0.15) is 0 Å². The van der Waals surface area contributed by atoms with E-state index in [0.717, 1.165) is 5.92 Å². The second kappa shape index (κ2) is 3.78. The Morgan fingerprint density at radius 1 is 1.42 bits per heavy atom. The van der Waals surface area contributed by atoms with Gasteiger partial charge < -0.3 is 5.11 Å². The van der Waals surface area contributed by atoms with Crippen LogP contribution >= 0.6 is 0 Å². The van der Waals surface area contributed by atoms with Crippen molar-refractivity contribution >= 4 is 0 Å². The van der Waals surface area contributed by atoms with Crippen LogP contribution in [0.5, 0.6) is 0 Å². The summed E-state index contributed by atoms with van der Waals surface area (Å²) in [6.45, 7) is 7.23. The van der Waals surface area contributed by atoms with E-state index in [1.807, 2.05) is 0 Å². The molecule has 0 amide bonds. The SMILES string of the molecule is C[C@H](CO)C1CCCCC1(C)C. The lowest BCUT2D eigenvalue weighted by Crippen LogP contribution is -2.33. The molecule has 0 bridgehead atoms. The highest BCUT2D eigenvalue weighted by molar-refractivity contribution is 4.85. The largest absolute Gasteiger partial charge is 0.396 e. The summed E-state index contributed by atoms with van der Waals surface area (Å²) >= 11 is 0. The van der Waals surface area contributed by atoms with Gasteiger partial charge >= 0.3 is 0 Å². The fraction of sp³-hybridized carbons (Fsp3) is 1.00. The lowest BCUT2D eigenvalue weighted by Gasteiger charge is -2.41. The number of rotatable bonds is 2. The highest BCUT2D eigenvalue weighted by Gasteiger charge is 2.34. The van der Waals surface area contributed by atoms with Crippen molar-refractivity contribution in [2.75, 3.05) is 6.61 Å². The standard InChI is InChI=1S/C11H22O/c1-9(8-12)10-6-4-5-7-11(10,2)3/h9-10,12H,4-8H2,1-3H3/t9-,10?/m1/s1. The van der Waals surface area contributed by atoms with Crippen LogP contribution in [0.15, 0.2) is 0 Å². The molecule has 0 heterocycles. The van der Waals surface area contributed by atoms with Crippen LogP contribution in [0.2, 0.25) is 0 Å². The van der Waals surface area contributed by atoms with Crippen molar-refractivity contribution in [1.29, 1.82) is 0 Å². The van der Waals surface area contributed by atoms with Crippen LogP contribution < -0.4 is 0 Å². The first-order valence-electron chi connectivity index (χ1n) is 5.19. The molecular weight excluding hydrogens is 148 g/mol. The topological polar surface area (TPSA) is 20.2 Å². The maximum Gasteiger partial charge on any atom is 0.0459 e. The van der Waals surface area contributed by atoms with E-state index >= 15 is 0 Å². The van der Waals surface area contributed by atoms with Gasteiger partial charge in [0, 0.05) is 6.61 Å². The van der Waals surface area contributed by atoms with Gasteiger partial charge in [0.15, 0.2) is 0 Å². The molecule has 1 unspecified atom stereocenters. The molecule has 0 aromatic rings. The van der Waals surface area contributed by atoms with Crippen LogP contribution in [0, 0.1) is 17.3 Å². The molecule has 12 heavy (non-hydrogen) atoms. The minimum Gasteiger partial charge on any atom is -0.396 e. The number of hydrogen-bond acceptors (Lipinski definition) is 1. The van der Waals surface area contributed by atoms with Gasteiger partial charge in [-0.05, 0) is 30.1 Å². The number of aliphatic hydroxyl groups excluding tert-OH is 1. The van der Waals surface area contributed by atoms with E-state index in [1.165, 1.54) is 25.7 Å². The van der Waals surface area contributed by atoms with Gasteiger partial charge in [0.25, 0.3) is 0 Å². The molecule has 0 radical (unpaired) electrons. The molecule has 1 nitrogen and oxygen atoms in total. The van der Waals surface area contributed by atoms with E-state index in [9.17, 15) is 0 Å². The summed E-state index contributed by atoms with van der Waals surface area (Å²) in [5.74, 6) is 1.22. The number of aliphatic hydroxyl groups is 1. The molecule has 1 saturated carbocycles. The lowest BCUT2D eigenvalue weighted by atomic mass is 9.64. The molecule has 1 aliphatic carbocycles. The zero-order valence-corrected chi connectivity index (χ0v) is 8.64. The smallest absolute Gasteiger partial charge is 0.0459 e. The van der Waals surface area contributed by atoms with Crippen molar-refractivity contribution in [3.8, 4) is 0 Å². The predicted molar refractivity (Wildman–Crippen MR) is 52.0 cm³/mol. The van der Waals surface area contributed by atoms with E-state index in [4.69, 9.17) is 5.11 Å². The summed E-state index contributed by atoms with van der Waals surface area (Å²) < 4.78 is 0. The number of hydrogen-bond donors (Lipinski definition) is 1. The van der Waals surface area contributed by atoms with Crippen LogP contribution in [-0.2, 0) is 0 Å². The summed E-state index contributed by atoms with van der Waals surface area (Å²) in [5, 5.41) is 9.12. The fourth-order valence-electron chi connectivity index (χ4n) is 2.70. The van der Waals surface area contributed by atoms with Gasteiger partial charge in [0.05, 0.1) is 0 Å². The van der Waals surface area contributed by atoms with Crippen LogP contribution in [0.4, 0.5) is 0 Å². The van der Waals surface area contributed by atoms with Crippen molar-refractivity contribution in [1.82, 2.24) is 0 Å². The molecule has 1 heteroatoms. The molecule has 0 spiro atoms. The summed E-state index contributed by atoms with van der Waals surface area (Å²) in [6.07, 6.45) is 5.39. The normalized spacial score (nSPS) is 31.5. The van der Waals surface area contributed by atoms with Gasteiger partial charge in [-0.15, -0.1) is 0 Å². The van der Waals surface area contributed by atoms with Crippen LogP contribution in [0.1, 0.15) is 46.5 Å². The van der Waals surface area contributed by atoms with E-state index in [2.05, 4.69) is 20.8 Å². The highest BCUT2D eigenvalue weighted by atomic mass is 16.3. The van der Waals surface area contributed by atoms with Gasteiger partial charge in [0.2, 0.25) is 0 Å². The minimum atomic E-state index is 0.355. The molecule has 0 aliphatic heterocycles. The van der Waals surface area contributed by atoms with E-state index < -0.39 is 0 Å². The van der Waals surface area contributed by atoms with Crippen LogP contribution in [-0.4, -0.2) is 11.7 Å². The predicted octanol–water partition coefficient (Wildman–Crippen LogP) is 2.83. The Kier molecular flexibility index (Phi) is 3.16. The van der Waals surface area contributed by atoms with Gasteiger partial charge in [-0.2, -0.15) is 0 Å². The summed E-state index contributed by atoms with van der Waals surface area (Å²) in [4.78, 5) is 0. The molecule has 72 valence electrons.